The summed E-state index contributed by atoms with van der Waals surface area (Å²) in [6.45, 7) is 2.79. The van der Waals surface area contributed by atoms with E-state index in [4.69, 9.17) is 0 Å². The van der Waals surface area contributed by atoms with Crippen LogP contribution in [0.1, 0.15) is 43.7 Å². The lowest BCUT2D eigenvalue weighted by atomic mass is 10.0. The molecule has 1 fully saturated rings. The van der Waals surface area contributed by atoms with Crippen LogP contribution in [0.15, 0.2) is 18.2 Å². The lowest BCUT2D eigenvalue weighted by Crippen LogP contribution is -2.29. The molecular formula is C16H23F3N2. The van der Waals surface area contributed by atoms with Gasteiger partial charge < -0.3 is 10.2 Å². The first kappa shape index (κ1) is 16.1. The Balaban J connectivity index is 2.27. The first-order chi connectivity index (χ1) is 9.93. The Bertz CT molecular complexity index is 465. The zero-order valence-corrected chi connectivity index (χ0v) is 12.6. The molecule has 1 aliphatic carbocycles. The summed E-state index contributed by atoms with van der Waals surface area (Å²) in [7, 11) is 1.90. The highest BCUT2D eigenvalue weighted by Gasteiger charge is 2.34. The summed E-state index contributed by atoms with van der Waals surface area (Å²) in [6.07, 6.45) is 0.157. The van der Waals surface area contributed by atoms with Crippen LogP contribution in [0.2, 0.25) is 0 Å². The fraction of sp³-hybridized carbons (Fsp3) is 0.625. The maximum absolute atomic E-state index is 13.3. The van der Waals surface area contributed by atoms with Crippen molar-refractivity contribution in [2.45, 2.75) is 51.4 Å². The largest absolute Gasteiger partial charge is 0.416 e. The predicted octanol–water partition coefficient (Wildman–Crippen LogP) is 4.19. The van der Waals surface area contributed by atoms with Crippen molar-refractivity contribution in [2.24, 2.45) is 0 Å². The van der Waals surface area contributed by atoms with Crippen LogP contribution in [-0.4, -0.2) is 19.6 Å². The Kier molecular flexibility index (Phi) is 5.14. The van der Waals surface area contributed by atoms with Crippen molar-refractivity contribution < 1.29 is 13.2 Å². The minimum absolute atomic E-state index is 0.249. The van der Waals surface area contributed by atoms with Crippen molar-refractivity contribution >= 4 is 5.69 Å². The number of alkyl halides is 3. The number of nitrogens with one attached hydrogen (secondary N) is 1. The third-order valence-electron chi connectivity index (χ3n) is 4.24. The number of halogens is 3. The number of hydrogen-bond acceptors (Lipinski definition) is 2. The minimum atomic E-state index is -4.31. The summed E-state index contributed by atoms with van der Waals surface area (Å²) in [5.41, 5.74) is 0.452. The summed E-state index contributed by atoms with van der Waals surface area (Å²) < 4.78 is 39.8. The van der Waals surface area contributed by atoms with Crippen molar-refractivity contribution in [3.8, 4) is 0 Å². The Hall–Kier alpha value is -1.23. The normalized spacial score (nSPS) is 16.4. The molecule has 0 heterocycles. The van der Waals surface area contributed by atoms with Gasteiger partial charge in [-0.05, 0) is 37.1 Å². The van der Waals surface area contributed by atoms with Crippen LogP contribution in [0.3, 0.4) is 0 Å². The molecule has 0 atom stereocenters. The van der Waals surface area contributed by atoms with Gasteiger partial charge in [0.05, 0.1) is 5.56 Å². The van der Waals surface area contributed by atoms with Crippen molar-refractivity contribution in [1.29, 1.82) is 0 Å². The standard InChI is InChI=1S/C16H23F3N2/c1-3-20-11-12-8-9-14(10-15(12)16(17,18)19)21(2)13-6-4-5-7-13/h8-10,13,20H,3-7,11H2,1-2H3. The minimum Gasteiger partial charge on any atom is -0.372 e. The molecule has 2 rings (SSSR count). The second-order valence-electron chi connectivity index (χ2n) is 5.67. The van der Waals surface area contributed by atoms with Gasteiger partial charge in [0.1, 0.15) is 0 Å². The number of benzene rings is 1. The smallest absolute Gasteiger partial charge is 0.372 e. The van der Waals surface area contributed by atoms with E-state index in [1.165, 1.54) is 18.9 Å². The maximum Gasteiger partial charge on any atom is 0.416 e. The zero-order valence-electron chi connectivity index (χ0n) is 12.6. The van der Waals surface area contributed by atoms with Gasteiger partial charge in [0.15, 0.2) is 0 Å². The third-order valence-corrected chi connectivity index (χ3v) is 4.24. The molecule has 21 heavy (non-hydrogen) atoms. The van der Waals surface area contributed by atoms with Crippen LogP contribution in [0, 0.1) is 0 Å². The van der Waals surface area contributed by atoms with E-state index >= 15 is 0 Å². The van der Waals surface area contributed by atoms with E-state index < -0.39 is 11.7 Å². The van der Waals surface area contributed by atoms with Crippen LogP contribution < -0.4 is 10.2 Å². The predicted molar refractivity (Wildman–Crippen MR) is 79.5 cm³/mol. The average molecular weight is 300 g/mol. The van der Waals surface area contributed by atoms with Gasteiger partial charge in [-0.3, -0.25) is 0 Å². The lowest BCUT2D eigenvalue weighted by molar-refractivity contribution is -0.138. The van der Waals surface area contributed by atoms with Gasteiger partial charge in [-0.25, -0.2) is 0 Å². The Morgan fingerprint density at radius 1 is 1.24 bits per heavy atom. The van der Waals surface area contributed by atoms with E-state index in [-0.39, 0.29) is 6.54 Å². The quantitative estimate of drug-likeness (QED) is 0.877. The molecule has 5 heteroatoms. The summed E-state index contributed by atoms with van der Waals surface area (Å²) in [5.74, 6) is 0. The number of rotatable bonds is 5. The SMILES string of the molecule is CCNCc1ccc(N(C)C2CCCC2)cc1C(F)(F)F. The van der Waals surface area contributed by atoms with Gasteiger partial charge in [-0.2, -0.15) is 13.2 Å². The molecule has 1 N–H and O–H groups in total. The molecule has 0 bridgehead atoms. The number of anilines is 1. The van der Waals surface area contributed by atoms with Crippen molar-refractivity contribution in [3.63, 3.8) is 0 Å². The fourth-order valence-corrected chi connectivity index (χ4v) is 2.96. The van der Waals surface area contributed by atoms with Gasteiger partial charge in [-0.1, -0.05) is 25.8 Å². The number of nitrogens with zero attached hydrogens (tertiary/aromatic N) is 1. The van der Waals surface area contributed by atoms with Crippen LogP contribution in [-0.2, 0) is 12.7 Å². The summed E-state index contributed by atoms with van der Waals surface area (Å²) >= 11 is 0. The first-order valence-corrected chi connectivity index (χ1v) is 7.57. The molecule has 0 spiro atoms. The summed E-state index contributed by atoms with van der Waals surface area (Å²) in [5, 5.41) is 2.97. The van der Waals surface area contributed by atoms with E-state index in [0.717, 1.165) is 12.8 Å². The van der Waals surface area contributed by atoms with Crippen molar-refractivity contribution in [3.05, 3.63) is 29.3 Å². The van der Waals surface area contributed by atoms with Crippen LogP contribution >= 0.6 is 0 Å². The van der Waals surface area contributed by atoms with Crippen LogP contribution in [0.25, 0.3) is 0 Å². The van der Waals surface area contributed by atoms with Crippen LogP contribution in [0.5, 0.6) is 0 Å². The second-order valence-corrected chi connectivity index (χ2v) is 5.67. The van der Waals surface area contributed by atoms with Gasteiger partial charge in [0.25, 0.3) is 0 Å². The second kappa shape index (κ2) is 6.69. The highest BCUT2D eigenvalue weighted by Crippen LogP contribution is 2.36. The lowest BCUT2D eigenvalue weighted by Gasteiger charge is -2.28. The molecule has 0 radical (unpaired) electrons. The van der Waals surface area contributed by atoms with E-state index in [2.05, 4.69) is 5.32 Å². The van der Waals surface area contributed by atoms with Gasteiger partial charge >= 0.3 is 6.18 Å². The molecule has 118 valence electrons. The molecular weight excluding hydrogens is 277 g/mol. The molecule has 0 aromatic heterocycles. The van der Waals surface area contributed by atoms with E-state index in [1.54, 1.807) is 12.1 Å². The maximum atomic E-state index is 13.3. The van der Waals surface area contributed by atoms with Gasteiger partial charge in [-0.15, -0.1) is 0 Å². The molecule has 1 aromatic rings. The van der Waals surface area contributed by atoms with Crippen LogP contribution in [0.4, 0.5) is 18.9 Å². The third kappa shape index (κ3) is 3.90. The molecule has 0 amide bonds. The monoisotopic (exact) mass is 300 g/mol. The van der Waals surface area contributed by atoms with Gasteiger partial charge in [0.2, 0.25) is 0 Å². The molecule has 0 saturated heterocycles. The van der Waals surface area contributed by atoms with Gasteiger partial charge in [0, 0.05) is 25.3 Å². The van der Waals surface area contributed by atoms with E-state index in [1.807, 2.05) is 18.9 Å². The Morgan fingerprint density at radius 2 is 1.90 bits per heavy atom. The zero-order chi connectivity index (χ0) is 15.5. The highest BCUT2D eigenvalue weighted by atomic mass is 19.4. The highest BCUT2D eigenvalue weighted by molar-refractivity contribution is 5.52. The number of hydrogen-bond donors (Lipinski definition) is 1. The summed E-state index contributed by atoms with van der Waals surface area (Å²) in [4.78, 5) is 2.00. The first-order valence-electron chi connectivity index (χ1n) is 7.57. The summed E-state index contributed by atoms with van der Waals surface area (Å²) in [6, 6.07) is 5.07. The average Bonchev–Trinajstić information content (AvgIpc) is 2.97. The Morgan fingerprint density at radius 3 is 2.48 bits per heavy atom. The molecule has 0 aliphatic heterocycles. The molecule has 1 saturated carbocycles. The van der Waals surface area contributed by atoms with E-state index in [0.29, 0.717) is 23.8 Å². The molecule has 2 nitrogen and oxygen atoms in total. The van der Waals surface area contributed by atoms with Crippen molar-refractivity contribution in [2.75, 3.05) is 18.5 Å². The topological polar surface area (TPSA) is 15.3 Å². The molecule has 1 aromatic carbocycles. The van der Waals surface area contributed by atoms with Crippen molar-refractivity contribution in [1.82, 2.24) is 5.32 Å². The van der Waals surface area contributed by atoms with E-state index in [9.17, 15) is 13.2 Å². The molecule has 1 aliphatic rings. The molecule has 0 unspecified atom stereocenters. The Labute approximate surface area is 124 Å². The fourth-order valence-electron chi connectivity index (χ4n) is 2.96.